The van der Waals surface area contributed by atoms with Crippen molar-refractivity contribution in [2.24, 2.45) is 5.92 Å². The molecule has 1 aliphatic heterocycles. The molecule has 1 saturated heterocycles. The van der Waals surface area contributed by atoms with E-state index in [9.17, 15) is 14.7 Å². The van der Waals surface area contributed by atoms with Crippen molar-refractivity contribution in [2.45, 2.75) is 50.4 Å². The van der Waals surface area contributed by atoms with Gasteiger partial charge in [-0.1, -0.05) is 12.1 Å². The molecule has 2 aliphatic rings. The summed E-state index contributed by atoms with van der Waals surface area (Å²) in [6, 6.07) is 9.65. The molecule has 3 aromatic heterocycles. The van der Waals surface area contributed by atoms with E-state index in [4.69, 9.17) is 9.72 Å². The monoisotopic (exact) mass is 507 g/mol. The first-order chi connectivity index (χ1) is 17.3. The van der Waals surface area contributed by atoms with E-state index in [1.807, 2.05) is 30.3 Å². The standard InChI is InChI=1S/C26H29N5O4S/c1-4-15-12-26(15,25(33)34)31-23(32)19-10-16(13-28-19)35-24-17-11-21(36-20(17)8-9-27-24)18-6-5-7-22(30-18)29-14(2)3/h4-9,11,14-16,19,28H,1,10,12-13H2,2-3H3,(H,29,30)(H,31,32)(H,33,34)/t15-,16-,19-,26-/m1/s1. The molecule has 4 atom stereocenters. The maximum absolute atomic E-state index is 12.8. The van der Waals surface area contributed by atoms with Crippen LogP contribution in [0.25, 0.3) is 20.7 Å². The number of thiophene rings is 1. The summed E-state index contributed by atoms with van der Waals surface area (Å²) in [5.74, 6) is -0.284. The fourth-order valence-electron chi connectivity index (χ4n) is 4.58. The average Bonchev–Trinajstić information content (AvgIpc) is 3.16. The molecule has 1 saturated carbocycles. The minimum atomic E-state index is -1.24. The minimum absolute atomic E-state index is 0.252. The first-order valence-electron chi connectivity index (χ1n) is 12.0. The van der Waals surface area contributed by atoms with Crippen molar-refractivity contribution in [2.75, 3.05) is 11.9 Å². The lowest BCUT2D eigenvalue weighted by atomic mass is 10.1. The minimum Gasteiger partial charge on any atom is -0.479 e. The smallest absolute Gasteiger partial charge is 0.330 e. The molecule has 3 aromatic rings. The zero-order valence-corrected chi connectivity index (χ0v) is 21.0. The van der Waals surface area contributed by atoms with Crippen molar-refractivity contribution in [3.05, 3.63) is 49.2 Å². The van der Waals surface area contributed by atoms with E-state index >= 15 is 0 Å². The molecule has 4 heterocycles. The molecule has 36 heavy (non-hydrogen) atoms. The van der Waals surface area contributed by atoms with Gasteiger partial charge in [0.25, 0.3) is 0 Å². The van der Waals surface area contributed by atoms with Crippen LogP contribution >= 0.6 is 11.3 Å². The Bertz CT molecular complexity index is 1320. The second kappa shape index (κ2) is 9.51. The summed E-state index contributed by atoms with van der Waals surface area (Å²) in [7, 11) is 0. The number of carbonyl (C=O) groups is 2. The molecular formula is C26H29N5O4S. The third-order valence-electron chi connectivity index (χ3n) is 6.56. The number of amides is 1. The number of rotatable bonds is 9. The number of pyridine rings is 2. The van der Waals surface area contributed by atoms with Gasteiger partial charge in [0.2, 0.25) is 11.8 Å². The molecule has 5 rings (SSSR count). The number of nitrogens with zero attached hydrogens (tertiary/aromatic N) is 2. The Morgan fingerprint density at radius 3 is 2.92 bits per heavy atom. The van der Waals surface area contributed by atoms with Gasteiger partial charge in [-0.2, -0.15) is 0 Å². The Morgan fingerprint density at radius 2 is 2.19 bits per heavy atom. The van der Waals surface area contributed by atoms with Crippen molar-refractivity contribution in [3.63, 3.8) is 0 Å². The van der Waals surface area contributed by atoms with Gasteiger partial charge in [0.1, 0.15) is 17.5 Å². The summed E-state index contributed by atoms with van der Waals surface area (Å²) in [5, 5.41) is 19.6. The number of aromatic nitrogens is 2. The van der Waals surface area contributed by atoms with Gasteiger partial charge in [-0.05, 0) is 44.5 Å². The van der Waals surface area contributed by atoms with Gasteiger partial charge in [-0.15, -0.1) is 17.9 Å². The lowest BCUT2D eigenvalue weighted by molar-refractivity contribution is -0.143. The van der Waals surface area contributed by atoms with Crippen LogP contribution < -0.4 is 20.7 Å². The maximum Gasteiger partial charge on any atom is 0.330 e. The lowest BCUT2D eigenvalue weighted by Crippen LogP contribution is -2.51. The second-order valence-corrected chi connectivity index (χ2v) is 10.7. The number of fused-ring (bicyclic) bond motifs is 1. The Hall–Kier alpha value is -3.50. The molecule has 0 unspecified atom stereocenters. The number of hydrogen-bond donors (Lipinski definition) is 4. The summed E-state index contributed by atoms with van der Waals surface area (Å²) >= 11 is 1.62. The van der Waals surface area contributed by atoms with Crippen LogP contribution in [0, 0.1) is 5.92 Å². The maximum atomic E-state index is 12.8. The van der Waals surface area contributed by atoms with E-state index in [-0.39, 0.29) is 24.0 Å². The first kappa shape index (κ1) is 24.2. The van der Waals surface area contributed by atoms with Gasteiger partial charge in [-0.25, -0.2) is 14.8 Å². The number of hydrogen-bond acceptors (Lipinski definition) is 8. The van der Waals surface area contributed by atoms with Crippen molar-refractivity contribution in [3.8, 4) is 16.5 Å². The number of carbonyl (C=O) groups excluding carboxylic acids is 1. The summed E-state index contributed by atoms with van der Waals surface area (Å²) < 4.78 is 7.25. The normalized spacial score (nSPS) is 25.0. The number of aliphatic carboxylic acids is 1. The van der Waals surface area contributed by atoms with Crippen LogP contribution in [0.1, 0.15) is 26.7 Å². The van der Waals surface area contributed by atoms with Gasteiger partial charge in [0.15, 0.2) is 0 Å². The lowest BCUT2D eigenvalue weighted by Gasteiger charge is -2.17. The molecule has 4 N–H and O–H groups in total. The van der Waals surface area contributed by atoms with Crippen LogP contribution in [0.3, 0.4) is 0 Å². The van der Waals surface area contributed by atoms with Crippen molar-refractivity contribution >= 4 is 39.1 Å². The van der Waals surface area contributed by atoms with Gasteiger partial charge < -0.3 is 25.8 Å². The molecule has 10 heteroatoms. The molecule has 0 aromatic carbocycles. The predicted molar refractivity (Wildman–Crippen MR) is 139 cm³/mol. The highest BCUT2D eigenvalue weighted by Crippen LogP contribution is 2.44. The van der Waals surface area contributed by atoms with Crippen LogP contribution in [0.2, 0.25) is 0 Å². The van der Waals surface area contributed by atoms with E-state index < -0.39 is 17.6 Å². The summed E-state index contributed by atoms with van der Waals surface area (Å²) in [6.45, 7) is 8.27. The highest BCUT2D eigenvalue weighted by Gasteiger charge is 2.60. The Balaban J connectivity index is 1.28. The van der Waals surface area contributed by atoms with Crippen LogP contribution in [0.4, 0.5) is 5.82 Å². The van der Waals surface area contributed by atoms with Crippen molar-refractivity contribution in [1.82, 2.24) is 20.6 Å². The van der Waals surface area contributed by atoms with E-state index in [2.05, 4.69) is 41.4 Å². The van der Waals surface area contributed by atoms with E-state index in [0.717, 1.165) is 26.5 Å². The molecule has 0 spiro atoms. The number of carboxylic acids is 1. The van der Waals surface area contributed by atoms with Crippen molar-refractivity contribution < 1.29 is 19.4 Å². The van der Waals surface area contributed by atoms with E-state index in [1.165, 1.54) is 0 Å². The third-order valence-corrected chi connectivity index (χ3v) is 7.68. The predicted octanol–water partition coefficient (Wildman–Crippen LogP) is 3.43. The van der Waals surface area contributed by atoms with Crippen LogP contribution in [-0.4, -0.2) is 57.2 Å². The zero-order valence-electron chi connectivity index (χ0n) is 20.2. The fraction of sp³-hybridized carbons (Fsp3) is 0.385. The van der Waals surface area contributed by atoms with Crippen LogP contribution in [0.15, 0.2) is 49.2 Å². The van der Waals surface area contributed by atoms with Gasteiger partial charge >= 0.3 is 5.97 Å². The van der Waals surface area contributed by atoms with Crippen molar-refractivity contribution in [1.29, 1.82) is 0 Å². The number of ether oxygens (including phenoxy) is 1. The van der Waals surface area contributed by atoms with Gasteiger partial charge in [0.05, 0.1) is 22.0 Å². The molecule has 1 amide bonds. The quantitative estimate of drug-likeness (QED) is 0.325. The van der Waals surface area contributed by atoms with E-state index in [0.29, 0.717) is 25.3 Å². The van der Waals surface area contributed by atoms with Crippen LogP contribution in [0.5, 0.6) is 5.88 Å². The Kier molecular flexibility index (Phi) is 6.40. The molecule has 2 fully saturated rings. The highest BCUT2D eigenvalue weighted by molar-refractivity contribution is 7.22. The molecule has 0 bridgehead atoms. The second-order valence-electron chi connectivity index (χ2n) is 9.59. The Labute approximate surface area is 213 Å². The largest absolute Gasteiger partial charge is 0.479 e. The Morgan fingerprint density at radius 1 is 1.36 bits per heavy atom. The summed E-state index contributed by atoms with van der Waals surface area (Å²) in [6.07, 6.45) is 3.81. The molecule has 188 valence electrons. The van der Waals surface area contributed by atoms with Gasteiger partial charge in [0, 0.05) is 35.8 Å². The molecular weight excluding hydrogens is 478 g/mol. The molecule has 9 nitrogen and oxygen atoms in total. The summed E-state index contributed by atoms with van der Waals surface area (Å²) in [5.41, 5.74) is -0.368. The number of carboxylic acid groups (broad SMARTS) is 1. The first-order valence-corrected chi connectivity index (χ1v) is 12.8. The molecule has 0 radical (unpaired) electrons. The topological polar surface area (TPSA) is 125 Å². The number of anilines is 1. The summed E-state index contributed by atoms with van der Waals surface area (Å²) in [4.78, 5) is 34.7. The SMILES string of the molecule is C=C[C@@H]1C[C@]1(NC(=O)[C@H]1C[C@@H](Oc2nccc3sc(-c4cccc(NC(C)C)n4)cc23)CN1)C(=O)O. The average molecular weight is 508 g/mol. The third kappa shape index (κ3) is 4.66. The van der Waals surface area contributed by atoms with E-state index in [1.54, 1.807) is 23.6 Å². The zero-order chi connectivity index (χ0) is 25.4. The highest BCUT2D eigenvalue weighted by atomic mass is 32.1. The van der Waals surface area contributed by atoms with Gasteiger partial charge in [-0.3, -0.25) is 4.79 Å². The fourth-order valence-corrected chi connectivity index (χ4v) is 5.60. The van der Waals surface area contributed by atoms with Crippen LogP contribution in [-0.2, 0) is 9.59 Å². The number of nitrogens with one attached hydrogen (secondary N) is 3. The molecule has 1 aliphatic carbocycles.